The summed E-state index contributed by atoms with van der Waals surface area (Å²) in [6.45, 7) is 10.8. The number of ether oxygens (including phenoxy) is 5. The van der Waals surface area contributed by atoms with Gasteiger partial charge in [-0.1, -0.05) is 0 Å². The Bertz CT molecular complexity index is 515. The molecule has 4 fully saturated rings. The van der Waals surface area contributed by atoms with E-state index in [4.69, 9.17) is 28.5 Å². The first-order chi connectivity index (χ1) is 11.1. The predicted octanol–water partition coefficient (Wildman–Crippen LogP) is 0.566. The summed E-state index contributed by atoms with van der Waals surface area (Å²) in [6, 6.07) is 0.258. The molecule has 4 aliphatic rings. The minimum Gasteiger partial charge on any atom is -0.348 e. The van der Waals surface area contributed by atoms with Gasteiger partial charge in [-0.15, -0.1) is 0 Å². The molecular weight excluding hydrogens is 316 g/mol. The molecule has 0 spiro atoms. The first-order valence-electron chi connectivity index (χ1n) is 8.62. The van der Waals surface area contributed by atoms with Crippen molar-refractivity contribution in [2.75, 3.05) is 20.2 Å². The molecule has 0 aromatic rings. The van der Waals surface area contributed by atoms with Gasteiger partial charge < -0.3 is 23.7 Å². The highest BCUT2D eigenvalue weighted by atomic mass is 16.9. The predicted molar refractivity (Wildman–Crippen MR) is 82.6 cm³/mol. The molecule has 4 aliphatic heterocycles. The number of fused-ring (bicyclic) bond motifs is 3. The summed E-state index contributed by atoms with van der Waals surface area (Å²) in [5, 5.41) is 5.21. The van der Waals surface area contributed by atoms with Crippen LogP contribution in [0.2, 0.25) is 0 Å². The fourth-order valence-corrected chi connectivity index (χ4v) is 3.84. The molecule has 4 rings (SSSR count). The van der Waals surface area contributed by atoms with Gasteiger partial charge >= 0.3 is 0 Å². The molecule has 1 unspecified atom stereocenters. The summed E-state index contributed by atoms with van der Waals surface area (Å²) >= 11 is 0. The normalized spacial score (nSPS) is 50.5. The fraction of sp³-hybridized carbons (Fsp3) is 1.00. The Morgan fingerprint density at radius 3 is 2.50 bits per heavy atom. The largest absolute Gasteiger partial charge is 0.348 e. The zero-order chi connectivity index (χ0) is 17.3. The zero-order valence-electron chi connectivity index (χ0n) is 15.2. The van der Waals surface area contributed by atoms with E-state index in [9.17, 15) is 0 Å². The maximum Gasteiger partial charge on any atom is 0.243 e. The third-order valence-electron chi connectivity index (χ3n) is 5.08. The molecule has 138 valence electrons. The van der Waals surface area contributed by atoms with Gasteiger partial charge in [-0.25, -0.2) is 0 Å². The van der Waals surface area contributed by atoms with Crippen LogP contribution in [0.15, 0.2) is 0 Å². The lowest BCUT2D eigenvalue weighted by Crippen LogP contribution is -2.65. The van der Waals surface area contributed by atoms with Crippen molar-refractivity contribution in [2.24, 2.45) is 0 Å². The molecule has 8 heteroatoms. The van der Waals surface area contributed by atoms with Crippen LogP contribution in [0, 0.1) is 0 Å². The third-order valence-corrected chi connectivity index (χ3v) is 5.08. The second-order valence-corrected chi connectivity index (χ2v) is 8.00. The summed E-state index contributed by atoms with van der Waals surface area (Å²) in [7, 11) is 1.91. The van der Waals surface area contributed by atoms with Gasteiger partial charge in [0.15, 0.2) is 17.8 Å². The third kappa shape index (κ3) is 2.60. The maximum absolute atomic E-state index is 6.32. The highest BCUT2D eigenvalue weighted by Crippen LogP contribution is 2.51. The van der Waals surface area contributed by atoms with Gasteiger partial charge in [0.1, 0.15) is 18.3 Å². The summed E-state index contributed by atoms with van der Waals surface area (Å²) < 4.78 is 30.6. The number of rotatable bonds is 1. The molecule has 0 bridgehead atoms. The van der Waals surface area contributed by atoms with Gasteiger partial charge in [0.25, 0.3) is 0 Å². The van der Waals surface area contributed by atoms with Crippen LogP contribution in [0.3, 0.4) is 0 Å². The molecule has 0 amide bonds. The van der Waals surface area contributed by atoms with Crippen LogP contribution in [0.5, 0.6) is 0 Å². The molecule has 4 heterocycles. The lowest BCUT2D eigenvalue weighted by Gasteiger charge is -2.42. The van der Waals surface area contributed by atoms with Crippen molar-refractivity contribution in [1.82, 2.24) is 10.4 Å². The summed E-state index contributed by atoms with van der Waals surface area (Å²) in [5.41, 5.74) is 0. The van der Waals surface area contributed by atoms with E-state index in [2.05, 4.69) is 12.2 Å². The van der Waals surface area contributed by atoms with Crippen LogP contribution < -0.4 is 5.32 Å². The molecular formula is C16H28N2O6. The average Bonchev–Trinajstić information content (AvgIpc) is 2.90. The molecule has 0 aromatic carbocycles. The van der Waals surface area contributed by atoms with Crippen molar-refractivity contribution in [3.8, 4) is 0 Å². The number of hydrogen-bond acceptors (Lipinski definition) is 8. The van der Waals surface area contributed by atoms with Gasteiger partial charge in [0, 0.05) is 19.6 Å². The molecule has 4 saturated heterocycles. The van der Waals surface area contributed by atoms with Gasteiger partial charge in [-0.05, 0) is 34.6 Å². The van der Waals surface area contributed by atoms with Crippen molar-refractivity contribution >= 4 is 0 Å². The van der Waals surface area contributed by atoms with E-state index in [-0.39, 0.29) is 18.2 Å². The lowest BCUT2D eigenvalue weighted by molar-refractivity contribution is -0.367. The monoisotopic (exact) mass is 344 g/mol. The molecule has 1 N–H and O–H groups in total. The van der Waals surface area contributed by atoms with Gasteiger partial charge in [-0.3, -0.25) is 10.2 Å². The molecule has 0 aliphatic carbocycles. The Hall–Kier alpha value is -0.320. The van der Waals surface area contributed by atoms with Crippen LogP contribution in [-0.2, 0) is 28.5 Å². The Morgan fingerprint density at radius 2 is 1.79 bits per heavy atom. The Kier molecular flexibility index (Phi) is 3.81. The smallest absolute Gasteiger partial charge is 0.243 e. The Labute approximate surface area is 142 Å². The van der Waals surface area contributed by atoms with E-state index in [1.807, 2.05) is 39.8 Å². The van der Waals surface area contributed by atoms with E-state index >= 15 is 0 Å². The first-order valence-corrected chi connectivity index (χ1v) is 8.62. The van der Waals surface area contributed by atoms with Crippen LogP contribution in [0.4, 0.5) is 0 Å². The SMILES string of the molecule is C[C@@H]1CNC([C@@]23O[C@H]4COC(C)(C)O[C@H]4[C@@H]2OC(C)(C)O3)ON1C. The van der Waals surface area contributed by atoms with E-state index < -0.39 is 29.7 Å². The topological polar surface area (TPSA) is 70.7 Å². The van der Waals surface area contributed by atoms with Crippen molar-refractivity contribution in [1.29, 1.82) is 0 Å². The Morgan fingerprint density at radius 1 is 1.04 bits per heavy atom. The van der Waals surface area contributed by atoms with Gasteiger partial charge in [0.2, 0.25) is 5.79 Å². The van der Waals surface area contributed by atoms with Crippen molar-refractivity contribution < 1.29 is 28.5 Å². The highest BCUT2D eigenvalue weighted by Gasteiger charge is 2.71. The summed E-state index contributed by atoms with van der Waals surface area (Å²) in [5.74, 6) is -2.53. The quantitative estimate of drug-likeness (QED) is 0.740. The number of nitrogens with one attached hydrogen (secondary N) is 1. The number of nitrogens with zero attached hydrogens (tertiary/aromatic N) is 1. The van der Waals surface area contributed by atoms with Crippen LogP contribution in [-0.4, -0.2) is 73.2 Å². The standard InChI is InChI=1S/C16H28N2O6/c1-9-7-17-13(23-18(9)6)16-12(22-15(4,5)24-16)11-10(20-16)8-19-14(2,3)21-11/h9-13,17H,7-8H2,1-6H3/t9-,10+,11-,12+,13?,16-/m1/s1. The maximum atomic E-state index is 6.32. The second kappa shape index (κ2) is 5.34. The van der Waals surface area contributed by atoms with E-state index in [0.717, 1.165) is 6.54 Å². The first kappa shape index (κ1) is 17.1. The molecule has 24 heavy (non-hydrogen) atoms. The number of likely N-dealkylation sites (N-methyl/N-ethyl adjacent to an activating group) is 1. The molecule has 0 aromatic heterocycles. The zero-order valence-corrected chi connectivity index (χ0v) is 15.2. The fourth-order valence-electron chi connectivity index (χ4n) is 3.84. The number of hydrogen-bond donors (Lipinski definition) is 1. The Balaban J connectivity index is 1.64. The lowest BCUT2D eigenvalue weighted by atomic mass is 10.0. The number of hydroxylamine groups is 2. The molecule has 0 radical (unpaired) electrons. The average molecular weight is 344 g/mol. The molecule has 8 nitrogen and oxygen atoms in total. The van der Waals surface area contributed by atoms with E-state index in [1.165, 1.54) is 0 Å². The summed E-state index contributed by atoms with van der Waals surface area (Å²) in [4.78, 5) is 6.03. The van der Waals surface area contributed by atoms with Crippen LogP contribution in [0.1, 0.15) is 34.6 Å². The minimum absolute atomic E-state index is 0.255. The second-order valence-electron chi connectivity index (χ2n) is 8.00. The minimum atomic E-state index is -1.07. The molecule has 6 atom stereocenters. The van der Waals surface area contributed by atoms with Gasteiger partial charge in [-0.2, -0.15) is 5.06 Å². The van der Waals surface area contributed by atoms with Crippen molar-refractivity contribution in [2.45, 2.75) is 82.6 Å². The van der Waals surface area contributed by atoms with Crippen LogP contribution in [0.25, 0.3) is 0 Å². The van der Waals surface area contributed by atoms with E-state index in [1.54, 1.807) is 0 Å². The van der Waals surface area contributed by atoms with Crippen molar-refractivity contribution in [3.05, 3.63) is 0 Å². The van der Waals surface area contributed by atoms with E-state index in [0.29, 0.717) is 6.61 Å². The molecule has 0 saturated carbocycles. The summed E-state index contributed by atoms with van der Waals surface area (Å²) in [6.07, 6.45) is -1.41. The van der Waals surface area contributed by atoms with Crippen LogP contribution >= 0.6 is 0 Å². The van der Waals surface area contributed by atoms with Gasteiger partial charge in [0.05, 0.1) is 6.61 Å². The highest BCUT2D eigenvalue weighted by molar-refractivity contribution is 5.08. The van der Waals surface area contributed by atoms with Crippen molar-refractivity contribution in [3.63, 3.8) is 0 Å².